The van der Waals surface area contributed by atoms with Gasteiger partial charge in [-0.15, -0.1) is 0 Å². The van der Waals surface area contributed by atoms with Gasteiger partial charge in [-0.05, 0) is 11.6 Å². The summed E-state index contributed by atoms with van der Waals surface area (Å²) in [7, 11) is 0. The van der Waals surface area contributed by atoms with Crippen molar-refractivity contribution in [2.24, 2.45) is 0 Å². The van der Waals surface area contributed by atoms with Gasteiger partial charge in [0.15, 0.2) is 5.78 Å². The number of halogens is 2. The van der Waals surface area contributed by atoms with Crippen LogP contribution in [0.2, 0.25) is 0 Å². The van der Waals surface area contributed by atoms with E-state index in [0.29, 0.717) is 19.8 Å². The number of morpholine rings is 1. The fourth-order valence-corrected chi connectivity index (χ4v) is 1.75. The molecule has 0 aromatic heterocycles. The fourth-order valence-electron chi connectivity index (χ4n) is 1.75. The first-order chi connectivity index (χ1) is 8.16. The highest BCUT2D eigenvalue weighted by Crippen LogP contribution is 2.11. The van der Waals surface area contributed by atoms with Crippen LogP contribution in [0.4, 0.5) is 8.78 Å². The molecule has 2 rings (SSSR count). The number of carbonyl (C=O) groups is 1. The topological polar surface area (TPSA) is 38.3 Å². The molecule has 1 unspecified atom stereocenters. The molecule has 5 heteroatoms. The van der Waals surface area contributed by atoms with E-state index in [1.165, 1.54) is 6.07 Å². The second kappa shape index (κ2) is 5.33. The predicted molar refractivity (Wildman–Crippen MR) is 57.7 cm³/mol. The third kappa shape index (κ3) is 3.08. The van der Waals surface area contributed by atoms with Gasteiger partial charge < -0.3 is 10.1 Å². The van der Waals surface area contributed by atoms with Crippen LogP contribution in [-0.2, 0) is 16.0 Å². The minimum absolute atomic E-state index is 0.0485. The molecule has 0 saturated carbocycles. The fraction of sp³-hybridized carbons (Fsp3) is 0.417. The summed E-state index contributed by atoms with van der Waals surface area (Å²) in [4.78, 5) is 11.8. The van der Waals surface area contributed by atoms with Crippen LogP contribution in [0.15, 0.2) is 18.2 Å². The monoisotopic (exact) mass is 241 g/mol. The van der Waals surface area contributed by atoms with Gasteiger partial charge >= 0.3 is 0 Å². The zero-order valence-electron chi connectivity index (χ0n) is 9.21. The first-order valence-electron chi connectivity index (χ1n) is 5.44. The molecule has 1 aliphatic rings. The maximum Gasteiger partial charge on any atom is 0.156 e. The molecule has 1 aliphatic heterocycles. The van der Waals surface area contributed by atoms with Gasteiger partial charge in [-0.2, -0.15) is 0 Å². The minimum atomic E-state index is -0.685. The summed E-state index contributed by atoms with van der Waals surface area (Å²) in [5.41, 5.74) is 0.212. The summed E-state index contributed by atoms with van der Waals surface area (Å²) in [6.07, 6.45) is -0.0485. The zero-order chi connectivity index (χ0) is 12.3. The Kier molecular flexibility index (Phi) is 3.81. The number of ether oxygens (including phenoxy) is 1. The first-order valence-corrected chi connectivity index (χ1v) is 5.44. The van der Waals surface area contributed by atoms with Crippen LogP contribution < -0.4 is 5.32 Å². The lowest BCUT2D eigenvalue weighted by Gasteiger charge is -2.22. The first kappa shape index (κ1) is 12.1. The second-order valence-corrected chi connectivity index (χ2v) is 3.96. The molecular weight excluding hydrogens is 228 g/mol. The van der Waals surface area contributed by atoms with Crippen molar-refractivity contribution in [3.05, 3.63) is 35.4 Å². The van der Waals surface area contributed by atoms with Crippen molar-refractivity contribution in [1.29, 1.82) is 0 Å². The van der Waals surface area contributed by atoms with Crippen molar-refractivity contribution >= 4 is 5.78 Å². The molecule has 3 nitrogen and oxygen atoms in total. The van der Waals surface area contributed by atoms with Crippen molar-refractivity contribution in [1.82, 2.24) is 5.32 Å². The molecule has 1 saturated heterocycles. The van der Waals surface area contributed by atoms with Crippen LogP contribution in [0.1, 0.15) is 5.56 Å². The predicted octanol–water partition coefficient (Wildman–Crippen LogP) is 1.06. The molecule has 1 N–H and O–H groups in total. The van der Waals surface area contributed by atoms with Gasteiger partial charge in [0.25, 0.3) is 0 Å². The number of hydrogen-bond donors (Lipinski definition) is 1. The number of Topliss-reactive ketones (excluding diaryl/α,β-unsaturated/α-hetero) is 1. The lowest BCUT2D eigenvalue weighted by molar-refractivity contribution is -0.123. The van der Waals surface area contributed by atoms with Gasteiger partial charge in [-0.25, -0.2) is 8.78 Å². The van der Waals surface area contributed by atoms with Crippen LogP contribution in [0.25, 0.3) is 0 Å². The van der Waals surface area contributed by atoms with Crippen LogP contribution in [0, 0.1) is 11.6 Å². The van der Waals surface area contributed by atoms with E-state index in [0.717, 1.165) is 12.1 Å². The normalized spacial score (nSPS) is 20.2. The molecule has 0 bridgehead atoms. The molecule has 17 heavy (non-hydrogen) atoms. The third-order valence-corrected chi connectivity index (χ3v) is 2.69. The molecule has 0 spiro atoms. The molecule has 92 valence electrons. The smallest absolute Gasteiger partial charge is 0.156 e. The highest BCUT2D eigenvalue weighted by Gasteiger charge is 2.22. The molecule has 1 atom stereocenters. The van der Waals surface area contributed by atoms with E-state index >= 15 is 0 Å². The van der Waals surface area contributed by atoms with Crippen molar-refractivity contribution in [2.45, 2.75) is 12.5 Å². The standard InChI is InChI=1S/C12H13F2NO2/c13-9-2-1-8(10(14)6-9)5-12(16)11-7-17-4-3-15-11/h1-2,6,11,15H,3-5,7H2. The van der Waals surface area contributed by atoms with E-state index in [1.807, 2.05) is 0 Å². The Hall–Kier alpha value is -1.33. The maximum absolute atomic E-state index is 13.3. The van der Waals surface area contributed by atoms with E-state index in [1.54, 1.807) is 0 Å². The zero-order valence-corrected chi connectivity index (χ0v) is 9.21. The Bertz CT molecular complexity index is 417. The summed E-state index contributed by atoms with van der Waals surface area (Å²) >= 11 is 0. The number of carbonyl (C=O) groups excluding carboxylic acids is 1. The average Bonchev–Trinajstić information content (AvgIpc) is 2.34. The van der Waals surface area contributed by atoms with Crippen molar-refractivity contribution in [3.8, 4) is 0 Å². The van der Waals surface area contributed by atoms with E-state index in [4.69, 9.17) is 4.74 Å². The Morgan fingerprint density at radius 2 is 2.29 bits per heavy atom. The lowest BCUT2D eigenvalue weighted by Crippen LogP contribution is -2.47. The molecule has 0 amide bonds. The highest BCUT2D eigenvalue weighted by atomic mass is 19.1. The lowest BCUT2D eigenvalue weighted by atomic mass is 10.0. The molecule has 1 aromatic rings. The number of rotatable bonds is 3. The SMILES string of the molecule is O=C(Cc1ccc(F)cc1F)C1COCCN1. The third-order valence-electron chi connectivity index (χ3n) is 2.69. The van der Waals surface area contributed by atoms with Crippen molar-refractivity contribution in [2.75, 3.05) is 19.8 Å². The van der Waals surface area contributed by atoms with Crippen LogP contribution >= 0.6 is 0 Å². The minimum Gasteiger partial charge on any atom is -0.378 e. The number of nitrogens with one attached hydrogen (secondary N) is 1. The van der Waals surface area contributed by atoms with Gasteiger partial charge in [0.05, 0.1) is 19.3 Å². The van der Waals surface area contributed by atoms with Crippen LogP contribution in [-0.4, -0.2) is 31.6 Å². The summed E-state index contributed by atoms with van der Waals surface area (Å²) in [6, 6.07) is 2.84. The van der Waals surface area contributed by atoms with Crippen molar-refractivity contribution < 1.29 is 18.3 Å². The molecular formula is C12H13F2NO2. The van der Waals surface area contributed by atoms with E-state index < -0.39 is 17.7 Å². The number of hydrogen-bond acceptors (Lipinski definition) is 3. The van der Waals surface area contributed by atoms with Gasteiger partial charge in [0.2, 0.25) is 0 Å². The second-order valence-electron chi connectivity index (χ2n) is 3.96. The van der Waals surface area contributed by atoms with Crippen molar-refractivity contribution in [3.63, 3.8) is 0 Å². The van der Waals surface area contributed by atoms with Gasteiger partial charge in [-0.1, -0.05) is 6.07 Å². The summed E-state index contributed by atoms with van der Waals surface area (Å²) in [5.74, 6) is -1.47. The molecule has 0 aliphatic carbocycles. The molecule has 1 aromatic carbocycles. The Morgan fingerprint density at radius 3 is 2.94 bits per heavy atom. The van der Waals surface area contributed by atoms with Crippen LogP contribution in [0.5, 0.6) is 0 Å². The summed E-state index contributed by atoms with van der Waals surface area (Å²) < 4.78 is 31.2. The molecule has 1 fully saturated rings. The maximum atomic E-state index is 13.3. The Labute approximate surface area is 97.8 Å². The highest BCUT2D eigenvalue weighted by molar-refractivity contribution is 5.86. The Morgan fingerprint density at radius 1 is 1.47 bits per heavy atom. The van der Waals surface area contributed by atoms with Crippen LogP contribution in [0.3, 0.4) is 0 Å². The largest absolute Gasteiger partial charge is 0.378 e. The molecule has 1 heterocycles. The van der Waals surface area contributed by atoms with Gasteiger partial charge in [0, 0.05) is 19.0 Å². The number of ketones is 1. The number of benzene rings is 1. The quantitative estimate of drug-likeness (QED) is 0.860. The van der Waals surface area contributed by atoms with E-state index in [-0.39, 0.29) is 17.8 Å². The van der Waals surface area contributed by atoms with Gasteiger partial charge in [-0.3, -0.25) is 4.79 Å². The van der Waals surface area contributed by atoms with E-state index in [9.17, 15) is 13.6 Å². The summed E-state index contributed by atoms with van der Waals surface area (Å²) in [5, 5.41) is 3.00. The Balaban J connectivity index is 2.02. The van der Waals surface area contributed by atoms with Gasteiger partial charge in [0.1, 0.15) is 11.6 Å². The van der Waals surface area contributed by atoms with E-state index in [2.05, 4.69) is 5.32 Å². The molecule has 0 radical (unpaired) electrons. The summed E-state index contributed by atoms with van der Waals surface area (Å²) in [6.45, 7) is 1.50. The average molecular weight is 241 g/mol.